The summed E-state index contributed by atoms with van der Waals surface area (Å²) in [5.74, 6) is 6.64. The van der Waals surface area contributed by atoms with Crippen LogP contribution in [0.1, 0.15) is 6.92 Å². The quantitative estimate of drug-likeness (QED) is 0.344. The predicted molar refractivity (Wildman–Crippen MR) is 90.4 cm³/mol. The van der Waals surface area contributed by atoms with Crippen molar-refractivity contribution in [2.24, 2.45) is 5.73 Å². The molecule has 0 bridgehead atoms. The lowest BCUT2D eigenvalue weighted by atomic mass is 10.2. The van der Waals surface area contributed by atoms with Gasteiger partial charge in [0.1, 0.15) is 17.4 Å². The smallest absolute Gasteiger partial charge is 0.210 e. The van der Waals surface area contributed by atoms with Crippen molar-refractivity contribution in [3.05, 3.63) is 35.5 Å². The highest BCUT2D eigenvalue weighted by Crippen LogP contribution is 2.29. The second-order valence-electron chi connectivity index (χ2n) is 4.76. The molecule has 0 amide bonds. The van der Waals surface area contributed by atoms with E-state index in [4.69, 9.17) is 21.6 Å². The molecule has 1 aromatic heterocycles. The number of ketones is 1. The van der Waals surface area contributed by atoms with Gasteiger partial charge in [-0.3, -0.25) is 4.79 Å². The van der Waals surface area contributed by atoms with Crippen LogP contribution < -0.4 is 16.3 Å². The summed E-state index contributed by atoms with van der Waals surface area (Å²) in [5.41, 5.74) is 6.33. The van der Waals surface area contributed by atoms with E-state index in [1.807, 2.05) is 12.1 Å². The summed E-state index contributed by atoms with van der Waals surface area (Å²) in [5, 5.41) is 17.3. The maximum atomic E-state index is 12.0. The standard InChI is InChI=1S/C15H16N6O2S/c1-9(17)11(7-16)12(22)8-24-15-20-19-14(21(15)18)10-5-3-4-6-13(10)23-2/h3-6H,8,17-18H2,1-2H3/b11-9-. The normalized spacial score (nSPS) is 11.5. The van der Waals surface area contributed by atoms with Crippen molar-refractivity contribution in [3.63, 3.8) is 0 Å². The summed E-state index contributed by atoms with van der Waals surface area (Å²) in [6.07, 6.45) is 0. The van der Waals surface area contributed by atoms with Gasteiger partial charge in [-0.05, 0) is 19.1 Å². The molecule has 0 aliphatic carbocycles. The molecule has 0 aliphatic heterocycles. The number of methoxy groups -OCH3 is 1. The predicted octanol–water partition coefficient (Wildman–Crippen LogP) is 1.08. The van der Waals surface area contributed by atoms with Gasteiger partial charge in [-0.15, -0.1) is 10.2 Å². The fourth-order valence-electron chi connectivity index (χ4n) is 1.96. The number of aromatic nitrogens is 3. The molecule has 0 unspecified atom stereocenters. The van der Waals surface area contributed by atoms with Gasteiger partial charge in [0, 0.05) is 5.70 Å². The number of thioether (sulfide) groups is 1. The number of nitriles is 1. The van der Waals surface area contributed by atoms with Gasteiger partial charge >= 0.3 is 0 Å². The van der Waals surface area contributed by atoms with E-state index in [0.29, 0.717) is 22.3 Å². The summed E-state index contributed by atoms with van der Waals surface area (Å²) in [6, 6.07) is 9.05. The maximum Gasteiger partial charge on any atom is 0.210 e. The number of nitrogens with two attached hydrogens (primary N) is 2. The first-order valence-electron chi connectivity index (χ1n) is 6.86. The Morgan fingerprint density at radius 3 is 2.75 bits per heavy atom. The minimum absolute atomic E-state index is 0.0152. The Morgan fingerprint density at radius 2 is 2.12 bits per heavy atom. The summed E-state index contributed by atoms with van der Waals surface area (Å²) < 4.78 is 6.56. The molecule has 9 heteroatoms. The zero-order valence-corrected chi connectivity index (χ0v) is 14.0. The second-order valence-corrected chi connectivity index (χ2v) is 5.70. The third-order valence-corrected chi connectivity index (χ3v) is 4.07. The van der Waals surface area contributed by atoms with Crippen LogP contribution >= 0.6 is 11.8 Å². The van der Waals surface area contributed by atoms with E-state index in [2.05, 4.69) is 10.2 Å². The van der Waals surface area contributed by atoms with E-state index in [1.54, 1.807) is 25.3 Å². The summed E-state index contributed by atoms with van der Waals surface area (Å²) in [7, 11) is 1.55. The summed E-state index contributed by atoms with van der Waals surface area (Å²) >= 11 is 1.08. The number of Topliss-reactive ketones (excluding diaryl/α,β-unsaturated/α-hetero) is 1. The molecule has 0 radical (unpaired) electrons. The van der Waals surface area contributed by atoms with E-state index in [0.717, 1.165) is 11.8 Å². The SMILES string of the molecule is COc1ccccc1-c1nnc(SCC(=O)/C(C#N)=C(/C)N)n1N. The largest absolute Gasteiger partial charge is 0.496 e. The summed E-state index contributed by atoms with van der Waals surface area (Å²) in [6.45, 7) is 1.51. The van der Waals surface area contributed by atoms with Crippen molar-refractivity contribution in [2.45, 2.75) is 12.1 Å². The van der Waals surface area contributed by atoms with Crippen molar-refractivity contribution in [1.82, 2.24) is 14.9 Å². The number of benzene rings is 1. The lowest BCUT2D eigenvalue weighted by molar-refractivity contribution is -0.112. The van der Waals surface area contributed by atoms with Gasteiger partial charge in [0.25, 0.3) is 0 Å². The highest BCUT2D eigenvalue weighted by atomic mass is 32.2. The van der Waals surface area contributed by atoms with Crippen molar-refractivity contribution in [2.75, 3.05) is 18.7 Å². The maximum absolute atomic E-state index is 12.0. The molecular formula is C15H16N6O2S. The molecule has 24 heavy (non-hydrogen) atoms. The van der Waals surface area contributed by atoms with Gasteiger partial charge in [0.05, 0.1) is 18.4 Å². The molecule has 2 rings (SSSR count). The third-order valence-electron chi connectivity index (χ3n) is 3.13. The third kappa shape index (κ3) is 3.49. The Bertz CT molecular complexity index is 833. The van der Waals surface area contributed by atoms with E-state index >= 15 is 0 Å². The van der Waals surface area contributed by atoms with Crippen LogP contribution in [0.15, 0.2) is 40.7 Å². The first-order valence-corrected chi connectivity index (χ1v) is 7.84. The lowest BCUT2D eigenvalue weighted by Crippen LogP contribution is -2.14. The van der Waals surface area contributed by atoms with Crippen LogP contribution in [0.3, 0.4) is 0 Å². The fourth-order valence-corrected chi connectivity index (χ4v) is 2.69. The Labute approximate surface area is 143 Å². The second kappa shape index (κ2) is 7.52. The van der Waals surface area contributed by atoms with Crippen molar-refractivity contribution in [3.8, 4) is 23.2 Å². The molecule has 124 valence electrons. The van der Waals surface area contributed by atoms with Gasteiger partial charge in [-0.25, -0.2) is 4.68 Å². The summed E-state index contributed by atoms with van der Waals surface area (Å²) in [4.78, 5) is 12.0. The van der Waals surface area contributed by atoms with Gasteiger partial charge in [0.2, 0.25) is 5.16 Å². The number of para-hydroxylation sites is 1. The minimum atomic E-state index is -0.385. The molecule has 0 aliphatic rings. The van der Waals surface area contributed by atoms with Gasteiger partial charge in [0.15, 0.2) is 11.6 Å². The number of ether oxygens (including phenoxy) is 1. The molecule has 0 fully saturated rings. The van der Waals surface area contributed by atoms with E-state index in [-0.39, 0.29) is 22.8 Å². The van der Waals surface area contributed by atoms with E-state index < -0.39 is 0 Å². The number of hydrogen-bond donors (Lipinski definition) is 2. The molecule has 1 heterocycles. The van der Waals surface area contributed by atoms with Crippen LogP contribution in [0.25, 0.3) is 11.4 Å². The van der Waals surface area contributed by atoms with Crippen LogP contribution in [0, 0.1) is 11.3 Å². The van der Waals surface area contributed by atoms with Crippen molar-refractivity contribution >= 4 is 17.5 Å². The van der Waals surface area contributed by atoms with Crippen LogP contribution in [0.5, 0.6) is 5.75 Å². The number of carbonyl (C=O) groups excluding carboxylic acids is 1. The van der Waals surface area contributed by atoms with Gasteiger partial charge in [-0.2, -0.15) is 5.26 Å². The minimum Gasteiger partial charge on any atom is -0.496 e. The zero-order chi connectivity index (χ0) is 17.7. The monoisotopic (exact) mass is 344 g/mol. The number of rotatable bonds is 6. The highest BCUT2D eigenvalue weighted by molar-refractivity contribution is 7.99. The molecule has 2 aromatic rings. The van der Waals surface area contributed by atoms with Crippen LogP contribution in [0.2, 0.25) is 0 Å². The molecule has 1 aromatic carbocycles. The fraction of sp³-hybridized carbons (Fsp3) is 0.200. The first kappa shape index (κ1) is 17.4. The number of carbonyl (C=O) groups is 1. The number of nitrogens with zero attached hydrogens (tertiary/aromatic N) is 4. The number of allylic oxidation sites excluding steroid dienone is 2. The number of nitrogen functional groups attached to an aromatic ring is 1. The molecule has 4 N–H and O–H groups in total. The zero-order valence-electron chi connectivity index (χ0n) is 13.2. The average Bonchev–Trinajstić information content (AvgIpc) is 2.93. The highest BCUT2D eigenvalue weighted by Gasteiger charge is 2.18. The molecule has 0 saturated heterocycles. The molecule has 8 nitrogen and oxygen atoms in total. The van der Waals surface area contributed by atoms with Crippen molar-refractivity contribution in [1.29, 1.82) is 5.26 Å². The van der Waals surface area contributed by atoms with E-state index in [1.165, 1.54) is 11.6 Å². The first-order chi connectivity index (χ1) is 11.5. The van der Waals surface area contributed by atoms with E-state index in [9.17, 15) is 4.79 Å². The van der Waals surface area contributed by atoms with Gasteiger partial charge in [-0.1, -0.05) is 23.9 Å². The van der Waals surface area contributed by atoms with Gasteiger partial charge < -0.3 is 16.3 Å². The molecule has 0 saturated carbocycles. The van der Waals surface area contributed by atoms with Crippen LogP contribution in [0.4, 0.5) is 0 Å². The van der Waals surface area contributed by atoms with Crippen molar-refractivity contribution < 1.29 is 9.53 Å². The molecule has 0 spiro atoms. The topological polar surface area (TPSA) is 133 Å². The Kier molecular flexibility index (Phi) is 5.44. The lowest BCUT2D eigenvalue weighted by Gasteiger charge is -2.07. The van der Waals surface area contributed by atoms with Crippen LogP contribution in [-0.4, -0.2) is 33.5 Å². The Balaban J connectivity index is 2.21. The number of hydrogen-bond acceptors (Lipinski definition) is 8. The van der Waals surface area contributed by atoms with Crippen LogP contribution in [-0.2, 0) is 4.79 Å². The molecular weight excluding hydrogens is 328 g/mol. The Morgan fingerprint density at radius 1 is 1.42 bits per heavy atom. The molecule has 0 atom stereocenters. The average molecular weight is 344 g/mol. The Hall–Kier alpha value is -2.99.